The third-order valence-electron chi connectivity index (χ3n) is 5.85. The quantitative estimate of drug-likeness (QED) is 0.503. The lowest BCUT2D eigenvalue weighted by Crippen LogP contribution is -2.35. The van der Waals surface area contributed by atoms with Crippen LogP contribution in [0.5, 0.6) is 0 Å². The van der Waals surface area contributed by atoms with Gasteiger partial charge in [-0.2, -0.15) is 4.31 Å². The molecular formula is C23H28N2O5S2. The molecule has 32 heavy (non-hydrogen) atoms. The molecule has 9 heteroatoms. The summed E-state index contributed by atoms with van der Waals surface area (Å²) < 4.78 is 32.4. The zero-order valence-corrected chi connectivity index (χ0v) is 19.6. The molecule has 7 nitrogen and oxygen atoms in total. The average Bonchev–Trinajstić information content (AvgIpc) is 3.08. The van der Waals surface area contributed by atoms with Crippen LogP contribution in [0.1, 0.15) is 58.6 Å². The van der Waals surface area contributed by atoms with E-state index in [1.165, 1.54) is 44.6 Å². The number of hydrogen-bond acceptors (Lipinski definition) is 6. The fraction of sp³-hybridized carbons (Fsp3) is 0.478. The van der Waals surface area contributed by atoms with Crippen LogP contribution in [0, 0.1) is 0 Å². The number of fused-ring (bicyclic) bond motifs is 1. The lowest BCUT2D eigenvalue weighted by Gasteiger charge is -2.26. The summed E-state index contributed by atoms with van der Waals surface area (Å²) in [6, 6.07) is 8.07. The maximum atomic E-state index is 12.8. The van der Waals surface area contributed by atoms with Gasteiger partial charge in [-0.15, -0.1) is 11.3 Å². The summed E-state index contributed by atoms with van der Waals surface area (Å²) >= 11 is 1.45. The van der Waals surface area contributed by atoms with E-state index in [9.17, 15) is 18.0 Å². The highest BCUT2D eigenvalue weighted by atomic mass is 32.2. The number of sulfonamides is 1. The number of anilines is 1. The molecule has 1 aliphatic carbocycles. The molecule has 1 saturated heterocycles. The Hall–Kier alpha value is -2.23. The topological polar surface area (TPSA) is 92.8 Å². The van der Waals surface area contributed by atoms with Crippen LogP contribution < -0.4 is 5.32 Å². The minimum atomic E-state index is -3.59. The summed E-state index contributed by atoms with van der Waals surface area (Å²) in [6.07, 6.45) is 8.20. The van der Waals surface area contributed by atoms with Crippen molar-refractivity contribution in [2.75, 3.05) is 25.0 Å². The van der Waals surface area contributed by atoms with E-state index in [2.05, 4.69) is 5.32 Å². The summed E-state index contributed by atoms with van der Waals surface area (Å²) in [4.78, 5) is 26.6. The van der Waals surface area contributed by atoms with E-state index in [0.29, 0.717) is 23.7 Å². The van der Waals surface area contributed by atoms with Crippen LogP contribution in [0.15, 0.2) is 35.2 Å². The summed E-state index contributed by atoms with van der Waals surface area (Å²) in [5.74, 6) is -1.01. The number of rotatable bonds is 6. The standard InChI is InChI=1S/C23H28N2O5S2/c26-22(16-30-23(27)21-14-17-8-3-1-4-11-20(17)31-21)24-18-9-7-10-19(15-18)32(28,29)25-12-5-2-6-13-25/h7,9-10,14-15H,1-6,8,11-13,16H2,(H,24,26). The second kappa shape index (κ2) is 10.1. The van der Waals surface area contributed by atoms with E-state index in [1.807, 2.05) is 6.07 Å². The number of esters is 1. The van der Waals surface area contributed by atoms with Crippen LogP contribution in [0.2, 0.25) is 0 Å². The zero-order chi connectivity index (χ0) is 22.6. The molecule has 2 heterocycles. The number of nitrogens with one attached hydrogen (secondary N) is 1. The molecule has 0 radical (unpaired) electrons. The molecule has 1 aromatic carbocycles. The first kappa shape index (κ1) is 22.9. The molecule has 0 bridgehead atoms. The Balaban J connectivity index is 1.34. The van der Waals surface area contributed by atoms with Gasteiger partial charge in [0.1, 0.15) is 4.88 Å². The number of aryl methyl sites for hydroxylation is 2. The first-order valence-electron chi connectivity index (χ1n) is 11.1. The van der Waals surface area contributed by atoms with Crippen molar-refractivity contribution in [2.45, 2.75) is 56.3 Å². The number of carbonyl (C=O) groups is 2. The summed E-state index contributed by atoms with van der Waals surface area (Å²) in [6.45, 7) is 0.604. The minimum absolute atomic E-state index is 0.147. The monoisotopic (exact) mass is 476 g/mol. The van der Waals surface area contributed by atoms with Gasteiger partial charge in [0.15, 0.2) is 6.61 Å². The minimum Gasteiger partial charge on any atom is -0.451 e. The normalized spacial score (nSPS) is 17.2. The smallest absolute Gasteiger partial charge is 0.348 e. The molecule has 0 saturated carbocycles. The van der Waals surface area contributed by atoms with Gasteiger partial charge in [0.25, 0.3) is 5.91 Å². The predicted octanol–water partition coefficient (Wildman–Crippen LogP) is 3.99. The molecule has 0 atom stereocenters. The van der Waals surface area contributed by atoms with Crippen molar-refractivity contribution in [1.29, 1.82) is 0 Å². The average molecular weight is 477 g/mol. The molecule has 2 aliphatic rings. The van der Waals surface area contributed by atoms with Crippen molar-refractivity contribution in [1.82, 2.24) is 4.31 Å². The molecule has 1 fully saturated rings. The molecule has 0 spiro atoms. The molecular weight excluding hydrogens is 448 g/mol. The van der Waals surface area contributed by atoms with E-state index in [-0.39, 0.29) is 4.90 Å². The number of benzene rings is 1. The van der Waals surface area contributed by atoms with Gasteiger partial charge >= 0.3 is 5.97 Å². The van der Waals surface area contributed by atoms with Gasteiger partial charge in [0.05, 0.1) is 4.90 Å². The summed E-state index contributed by atoms with van der Waals surface area (Å²) in [5.41, 5.74) is 1.57. The highest BCUT2D eigenvalue weighted by Crippen LogP contribution is 2.29. The molecule has 1 aromatic heterocycles. The van der Waals surface area contributed by atoms with Gasteiger partial charge in [-0.25, -0.2) is 13.2 Å². The Morgan fingerprint density at radius 1 is 1.00 bits per heavy atom. The third kappa shape index (κ3) is 5.39. The zero-order valence-electron chi connectivity index (χ0n) is 18.0. The molecule has 1 N–H and O–H groups in total. The Labute approximate surface area is 192 Å². The summed E-state index contributed by atoms with van der Waals surface area (Å²) in [7, 11) is -3.59. The number of ether oxygens (including phenoxy) is 1. The first-order valence-corrected chi connectivity index (χ1v) is 13.4. The molecule has 0 unspecified atom stereocenters. The Morgan fingerprint density at radius 3 is 2.56 bits per heavy atom. The lowest BCUT2D eigenvalue weighted by molar-refractivity contribution is -0.119. The Bertz CT molecular complexity index is 1060. The molecule has 2 aromatic rings. The molecule has 1 aliphatic heterocycles. The summed E-state index contributed by atoms with van der Waals surface area (Å²) in [5, 5.41) is 2.63. The second-order valence-electron chi connectivity index (χ2n) is 8.24. The first-order chi connectivity index (χ1) is 15.4. The lowest BCUT2D eigenvalue weighted by atomic mass is 10.1. The van der Waals surface area contributed by atoms with Crippen molar-refractivity contribution in [3.8, 4) is 0 Å². The van der Waals surface area contributed by atoms with Crippen molar-refractivity contribution in [3.05, 3.63) is 45.6 Å². The van der Waals surface area contributed by atoms with E-state index < -0.39 is 28.5 Å². The maximum Gasteiger partial charge on any atom is 0.348 e. The highest BCUT2D eigenvalue weighted by Gasteiger charge is 2.26. The molecule has 172 valence electrons. The number of amides is 1. The van der Waals surface area contributed by atoms with Gasteiger partial charge in [0.2, 0.25) is 10.0 Å². The van der Waals surface area contributed by atoms with E-state index in [1.54, 1.807) is 12.1 Å². The largest absolute Gasteiger partial charge is 0.451 e. The van der Waals surface area contributed by atoms with Gasteiger partial charge < -0.3 is 10.1 Å². The van der Waals surface area contributed by atoms with Crippen LogP contribution in [-0.2, 0) is 32.4 Å². The fourth-order valence-electron chi connectivity index (χ4n) is 4.16. The van der Waals surface area contributed by atoms with Crippen molar-refractivity contribution >= 4 is 38.9 Å². The van der Waals surface area contributed by atoms with E-state index in [0.717, 1.165) is 44.9 Å². The number of hydrogen-bond donors (Lipinski definition) is 1. The Morgan fingerprint density at radius 2 is 1.75 bits per heavy atom. The van der Waals surface area contributed by atoms with Crippen LogP contribution in [0.25, 0.3) is 0 Å². The predicted molar refractivity (Wildman–Crippen MR) is 124 cm³/mol. The number of thiophene rings is 1. The molecule has 1 amide bonds. The van der Waals surface area contributed by atoms with Crippen molar-refractivity contribution < 1.29 is 22.7 Å². The van der Waals surface area contributed by atoms with Crippen LogP contribution in [0.4, 0.5) is 5.69 Å². The Kier molecular flexibility index (Phi) is 7.27. The maximum absolute atomic E-state index is 12.8. The van der Waals surface area contributed by atoms with Crippen molar-refractivity contribution in [2.24, 2.45) is 0 Å². The SMILES string of the molecule is O=C(COC(=O)c1cc2c(s1)CCCCC2)Nc1cccc(S(=O)(=O)N2CCCCC2)c1. The van der Waals surface area contributed by atoms with Gasteiger partial charge in [-0.1, -0.05) is 18.9 Å². The van der Waals surface area contributed by atoms with Crippen LogP contribution >= 0.6 is 11.3 Å². The van der Waals surface area contributed by atoms with Gasteiger partial charge in [0, 0.05) is 23.7 Å². The second-order valence-corrected chi connectivity index (χ2v) is 11.3. The fourth-order valence-corrected chi connectivity index (χ4v) is 6.87. The van der Waals surface area contributed by atoms with Crippen LogP contribution in [-0.4, -0.2) is 44.3 Å². The van der Waals surface area contributed by atoms with E-state index >= 15 is 0 Å². The number of carbonyl (C=O) groups excluding carboxylic acids is 2. The van der Waals surface area contributed by atoms with Gasteiger partial charge in [-0.05, 0) is 68.4 Å². The third-order valence-corrected chi connectivity index (χ3v) is 8.96. The number of nitrogens with zero attached hydrogens (tertiary/aromatic N) is 1. The highest BCUT2D eigenvalue weighted by molar-refractivity contribution is 7.89. The molecule has 4 rings (SSSR count). The van der Waals surface area contributed by atoms with Gasteiger partial charge in [-0.3, -0.25) is 4.79 Å². The van der Waals surface area contributed by atoms with Crippen LogP contribution in [0.3, 0.4) is 0 Å². The number of piperidine rings is 1. The van der Waals surface area contributed by atoms with Crippen molar-refractivity contribution in [3.63, 3.8) is 0 Å². The van der Waals surface area contributed by atoms with E-state index in [4.69, 9.17) is 4.74 Å².